The summed E-state index contributed by atoms with van der Waals surface area (Å²) in [4.78, 5) is 27.9. The van der Waals surface area contributed by atoms with Gasteiger partial charge in [0, 0.05) is 30.0 Å². The molecule has 4 rings (SSSR count). The summed E-state index contributed by atoms with van der Waals surface area (Å²) >= 11 is 0. The standard InChI is InChI=1S/C23H24N4O6/c1-30-19-10-17(5-6-18(19)20-11-25-13-32-20)27-23(29)26-16-4-2-3-14(9-16)21(33-22(24)28)15-7-8-31-12-15/h2-6,9-11,13,15,21H,7-8,12H2,1H3,(H2,24,28)(H2,26,27,29)/t15?,21-/m1/s1. The van der Waals surface area contributed by atoms with Crippen LogP contribution in [0.15, 0.2) is 59.5 Å². The molecule has 3 amide bonds. The Hall–Kier alpha value is -4.05. The van der Waals surface area contributed by atoms with Crippen LogP contribution in [0.4, 0.5) is 21.0 Å². The minimum absolute atomic E-state index is 0.00285. The summed E-state index contributed by atoms with van der Waals surface area (Å²) in [6.45, 7) is 1.07. The maximum absolute atomic E-state index is 12.6. The van der Waals surface area contributed by atoms with Crippen molar-refractivity contribution in [2.45, 2.75) is 12.5 Å². The van der Waals surface area contributed by atoms with Crippen molar-refractivity contribution in [3.05, 3.63) is 60.6 Å². The third kappa shape index (κ3) is 5.42. The van der Waals surface area contributed by atoms with Crippen LogP contribution < -0.4 is 21.1 Å². The highest BCUT2D eigenvalue weighted by atomic mass is 16.6. The molecule has 1 unspecified atom stereocenters. The number of nitrogens with zero attached hydrogens (tertiary/aromatic N) is 1. The molecule has 1 fully saturated rings. The van der Waals surface area contributed by atoms with Gasteiger partial charge in [-0.25, -0.2) is 14.6 Å². The number of ether oxygens (including phenoxy) is 3. The normalized spacial score (nSPS) is 16.1. The molecule has 10 heteroatoms. The van der Waals surface area contributed by atoms with Gasteiger partial charge >= 0.3 is 12.1 Å². The van der Waals surface area contributed by atoms with E-state index in [0.29, 0.717) is 41.7 Å². The SMILES string of the molecule is COc1cc(NC(=O)Nc2cccc([C@@H](OC(N)=O)C3CCOC3)c2)ccc1-c1cnco1. The number of primary amides is 1. The van der Waals surface area contributed by atoms with Gasteiger partial charge in [-0.1, -0.05) is 12.1 Å². The molecule has 0 bridgehead atoms. The summed E-state index contributed by atoms with van der Waals surface area (Å²) in [5.41, 5.74) is 7.77. The number of aromatic nitrogens is 1. The van der Waals surface area contributed by atoms with Crippen molar-refractivity contribution in [1.82, 2.24) is 4.98 Å². The first-order valence-corrected chi connectivity index (χ1v) is 10.3. The van der Waals surface area contributed by atoms with E-state index in [4.69, 9.17) is 24.4 Å². The Morgan fingerprint density at radius 2 is 2.00 bits per heavy atom. The predicted molar refractivity (Wildman–Crippen MR) is 120 cm³/mol. The molecule has 1 aliphatic rings. The monoisotopic (exact) mass is 452 g/mol. The molecule has 0 spiro atoms. The molecule has 0 saturated carbocycles. The summed E-state index contributed by atoms with van der Waals surface area (Å²) in [5.74, 6) is 1.08. The average Bonchev–Trinajstić information content (AvgIpc) is 3.52. The Morgan fingerprint density at radius 1 is 1.18 bits per heavy atom. The molecule has 1 aromatic heterocycles. The number of nitrogens with two attached hydrogens (primary N) is 1. The van der Waals surface area contributed by atoms with Crippen molar-refractivity contribution < 1.29 is 28.2 Å². The molecule has 33 heavy (non-hydrogen) atoms. The van der Waals surface area contributed by atoms with Crippen molar-refractivity contribution in [3.63, 3.8) is 0 Å². The van der Waals surface area contributed by atoms with Gasteiger partial charge in [0.1, 0.15) is 11.9 Å². The van der Waals surface area contributed by atoms with E-state index in [1.165, 1.54) is 13.5 Å². The van der Waals surface area contributed by atoms with Crippen molar-refractivity contribution in [2.24, 2.45) is 11.7 Å². The minimum Gasteiger partial charge on any atom is -0.496 e. The molecular formula is C23H24N4O6. The minimum atomic E-state index is -0.856. The molecule has 2 atom stereocenters. The number of rotatable bonds is 7. The molecule has 4 N–H and O–H groups in total. The van der Waals surface area contributed by atoms with Gasteiger partial charge in [0.05, 0.1) is 25.5 Å². The van der Waals surface area contributed by atoms with Crippen LogP contribution in [0.2, 0.25) is 0 Å². The molecular weight excluding hydrogens is 428 g/mol. The van der Waals surface area contributed by atoms with Gasteiger partial charge in [-0.2, -0.15) is 0 Å². The van der Waals surface area contributed by atoms with E-state index < -0.39 is 18.2 Å². The Morgan fingerprint density at radius 3 is 2.67 bits per heavy atom. The fourth-order valence-electron chi connectivity index (χ4n) is 3.76. The second-order valence-electron chi connectivity index (χ2n) is 7.47. The van der Waals surface area contributed by atoms with Crippen LogP contribution in [0.25, 0.3) is 11.3 Å². The summed E-state index contributed by atoms with van der Waals surface area (Å²) in [7, 11) is 1.53. The average molecular weight is 452 g/mol. The molecule has 2 heterocycles. The Labute approximate surface area is 190 Å². The lowest BCUT2D eigenvalue weighted by Crippen LogP contribution is -2.24. The fraction of sp³-hybridized carbons (Fsp3) is 0.261. The zero-order chi connectivity index (χ0) is 23.2. The van der Waals surface area contributed by atoms with Gasteiger partial charge in [-0.3, -0.25) is 0 Å². The number of carbonyl (C=O) groups excluding carboxylic acids is 2. The first kappa shape index (κ1) is 22.2. The zero-order valence-corrected chi connectivity index (χ0v) is 17.9. The predicted octanol–water partition coefficient (Wildman–Crippen LogP) is 4.17. The maximum atomic E-state index is 12.6. The number of anilines is 2. The molecule has 2 aromatic carbocycles. The van der Waals surface area contributed by atoms with E-state index in [9.17, 15) is 9.59 Å². The Balaban J connectivity index is 1.46. The highest BCUT2D eigenvalue weighted by molar-refractivity contribution is 6.00. The van der Waals surface area contributed by atoms with E-state index in [2.05, 4.69) is 15.6 Å². The maximum Gasteiger partial charge on any atom is 0.405 e. The van der Waals surface area contributed by atoms with Crippen LogP contribution in [-0.2, 0) is 9.47 Å². The second-order valence-corrected chi connectivity index (χ2v) is 7.47. The van der Waals surface area contributed by atoms with Gasteiger partial charge in [0.15, 0.2) is 12.2 Å². The van der Waals surface area contributed by atoms with Crippen molar-refractivity contribution in [3.8, 4) is 17.1 Å². The van der Waals surface area contributed by atoms with E-state index in [1.54, 1.807) is 42.6 Å². The van der Waals surface area contributed by atoms with Crippen LogP contribution in [0.1, 0.15) is 18.1 Å². The van der Waals surface area contributed by atoms with E-state index in [-0.39, 0.29) is 5.92 Å². The molecule has 3 aromatic rings. The first-order chi connectivity index (χ1) is 16.0. The van der Waals surface area contributed by atoms with Crippen LogP contribution in [0.5, 0.6) is 5.75 Å². The summed E-state index contributed by atoms with van der Waals surface area (Å²) in [6, 6.07) is 11.8. The lowest BCUT2D eigenvalue weighted by molar-refractivity contribution is 0.0606. The van der Waals surface area contributed by atoms with E-state index in [0.717, 1.165) is 12.0 Å². The highest BCUT2D eigenvalue weighted by Gasteiger charge is 2.30. The smallest absolute Gasteiger partial charge is 0.405 e. The lowest BCUT2D eigenvalue weighted by Gasteiger charge is -2.22. The number of nitrogens with one attached hydrogen (secondary N) is 2. The van der Waals surface area contributed by atoms with Crippen LogP contribution in [0.3, 0.4) is 0 Å². The van der Waals surface area contributed by atoms with E-state index >= 15 is 0 Å². The number of carbonyl (C=O) groups is 2. The van der Waals surface area contributed by atoms with Crippen molar-refractivity contribution in [1.29, 1.82) is 0 Å². The summed E-state index contributed by atoms with van der Waals surface area (Å²) in [5, 5.41) is 5.56. The Bertz CT molecular complexity index is 1110. The summed E-state index contributed by atoms with van der Waals surface area (Å²) in [6.07, 6.45) is 2.26. The van der Waals surface area contributed by atoms with Crippen LogP contribution in [-0.4, -0.2) is 37.4 Å². The van der Waals surface area contributed by atoms with Gasteiger partial charge in [-0.15, -0.1) is 0 Å². The summed E-state index contributed by atoms with van der Waals surface area (Å²) < 4.78 is 21.5. The number of benzene rings is 2. The quantitative estimate of drug-likeness (QED) is 0.489. The first-order valence-electron chi connectivity index (χ1n) is 10.3. The molecule has 172 valence electrons. The lowest BCUT2D eigenvalue weighted by atomic mass is 9.94. The van der Waals surface area contributed by atoms with Crippen LogP contribution in [0, 0.1) is 5.92 Å². The van der Waals surface area contributed by atoms with Crippen LogP contribution >= 0.6 is 0 Å². The third-order valence-electron chi connectivity index (χ3n) is 5.27. The molecule has 0 radical (unpaired) electrons. The van der Waals surface area contributed by atoms with Gasteiger partial charge in [0.25, 0.3) is 0 Å². The zero-order valence-electron chi connectivity index (χ0n) is 17.9. The van der Waals surface area contributed by atoms with Gasteiger partial charge < -0.3 is 35.0 Å². The number of methoxy groups -OCH3 is 1. The highest BCUT2D eigenvalue weighted by Crippen LogP contribution is 2.34. The molecule has 10 nitrogen and oxygen atoms in total. The Kier molecular flexibility index (Phi) is 6.75. The molecule has 0 aliphatic carbocycles. The third-order valence-corrected chi connectivity index (χ3v) is 5.27. The number of amides is 3. The second kappa shape index (κ2) is 10.0. The molecule has 1 aliphatic heterocycles. The van der Waals surface area contributed by atoms with E-state index in [1.807, 2.05) is 6.07 Å². The molecule has 1 saturated heterocycles. The number of hydrogen-bond donors (Lipinski definition) is 3. The fourth-order valence-corrected chi connectivity index (χ4v) is 3.76. The number of urea groups is 1. The number of oxazole rings is 1. The van der Waals surface area contributed by atoms with Crippen molar-refractivity contribution >= 4 is 23.5 Å². The van der Waals surface area contributed by atoms with Gasteiger partial charge in [-0.05, 0) is 36.2 Å². The van der Waals surface area contributed by atoms with Crippen molar-refractivity contribution in [2.75, 3.05) is 31.0 Å². The number of hydrogen-bond acceptors (Lipinski definition) is 7. The van der Waals surface area contributed by atoms with Gasteiger partial charge in [0.2, 0.25) is 0 Å². The topological polar surface area (TPSA) is 138 Å². The largest absolute Gasteiger partial charge is 0.496 e.